The quantitative estimate of drug-likeness (QED) is 0.864. The van der Waals surface area contributed by atoms with Crippen LogP contribution in [0.15, 0.2) is 36.8 Å². The lowest BCUT2D eigenvalue weighted by Gasteiger charge is -2.01. The maximum Gasteiger partial charge on any atom is 0.302 e. The summed E-state index contributed by atoms with van der Waals surface area (Å²) < 4.78 is 9.52. The highest BCUT2D eigenvalue weighted by Crippen LogP contribution is 2.20. The van der Waals surface area contributed by atoms with Crippen molar-refractivity contribution in [1.82, 2.24) is 9.97 Å². The summed E-state index contributed by atoms with van der Waals surface area (Å²) in [5.74, 6) is 0.643. The van der Waals surface area contributed by atoms with Crippen molar-refractivity contribution in [2.75, 3.05) is 13.7 Å². The number of hydrogen-bond donors (Lipinski definition) is 1. The summed E-state index contributed by atoms with van der Waals surface area (Å²) in [5, 5.41) is 0. The van der Waals surface area contributed by atoms with Crippen molar-refractivity contribution >= 4 is 5.97 Å². The summed E-state index contributed by atoms with van der Waals surface area (Å²) in [7, 11) is 1.66. The lowest BCUT2D eigenvalue weighted by molar-refractivity contribution is -0.140. The molecule has 2 rings (SSSR count). The molecular formula is C14H18N2O3. The van der Waals surface area contributed by atoms with Crippen LogP contribution >= 0.6 is 0 Å². The third-order valence-corrected chi connectivity index (χ3v) is 2.23. The van der Waals surface area contributed by atoms with Crippen LogP contribution in [-0.4, -0.2) is 29.7 Å². The van der Waals surface area contributed by atoms with E-state index in [1.165, 1.54) is 6.92 Å². The van der Waals surface area contributed by atoms with Gasteiger partial charge in [-0.05, 0) is 19.1 Å². The van der Waals surface area contributed by atoms with Gasteiger partial charge in [-0.2, -0.15) is 0 Å². The molecule has 1 aromatic heterocycles. The molecule has 0 saturated carbocycles. The van der Waals surface area contributed by atoms with Crippen LogP contribution in [0, 0.1) is 0 Å². The Labute approximate surface area is 112 Å². The van der Waals surface area contributed by atoms with Gasteiger partial charge in [-0.1, -0.05) is 12.1 Å². The minimum Gasteiger partial charge on any atom is -0.497 e. The number of aromatic amines is 1. The number of nitrogens with zero attached hydrogens (tertiary/aromatic N) is 1. The molecule has 1 N–H and O–H groups in total. The molecule has 19 heavy (non-hydrogen) atoms. The second-order valence-corrected chi connectivity index (χ2v) is 3.62. The fourth-order valence-corrected chi connectivity index (χ4v) is 1.41. The first-order valence-corrected chi connectivity index (χ1v) is 5.93. The number of imidazole rings is 1. The molecule has 0 amide bonds. The molecule has 0 bridgehead atoms. The molecule has 0 saturated heterocycles. The van der Waals surface area contributed by atoms with E-state index < -0.39 is 0 Å². The first-order chi connectivity index (χ1) is 9.17. The van der Waals surface area contributed by atoms with E-state index in [0.717, 1.165) is 17.0 Å². The van der Waals surface area contributed by atoms with Crippen LogP contribution in [0.5, 0.6) is 5.75 Å². The van der Waals surface area contributed by atoms with Crippen molar-refractivity contribution in [3.63, 3.8) is 0 Å². The van der Waals surface area contributed by atoms with E-state index in [9.17, 15) is 4.79 Å². The Hall–Kier alpha value is -2.30. The number of ether oxygens (including phenoxy) is 2. The molecule has 0 atom stereocenters. The summed E-state index contributed by atoms with van der Waals surface area (Å²) >= 11 is 0. The van der Waals surface area contributed by atoms with Gasteiger partial charge in [0.2, 0.25) is 0 Å². The molecule has 0 unspecified atom stereocenters. The van der Waals surface area contributed by atoms with Crippen LogP contribution in [0.4, 0.5) is 0 Å². The van der Waals surface area contributed by atoms with E-state index in [1.807, 2.05) is 24.3 Å². The average Bonchev–Trinajstić information content (AvgIpc) is 2.93. The second kappa shape index (κ2) is 7.92. The molecule has 0 spiro atoms. The number of aromatic nitrogens is 2. The fraction of sp³-hybridized carbons (Fsp3) is 0.286. The molecule has 2 aromatic rings. The monoisotopic (exact) mass is 262 g/mol. The Balaban J connectivity index is 0.000000258. The van der Waals surface area contributed by atoms with Crippen molar-refractivity contribution in [1.29, 1.82) is 0 Å². The Kier molecular flexibility index (Phi) is 6.15. The predicted octanol–water partition coefficient (Wildman–Crippen LogP) is 2.65. The Morgan fingerprint density at radius 2 is 2.21 bits per heavy atom. The van der Waals surface area contributed by atoms with Crippen molar-refractivity contribution in [3.05, 3.63) is 36.8 Å². The van der Waals surface area contributed by atoms with Crippen LogP contribution in [0.2, 0.25) is 0 Å². The van der Waals surface area contributed by atoms with E-state index in [1.54, 1.807) is 26.6 Å². The Morgan fingerprint density at radius 3 is 2.68 bits per heavy atom. The number of methoxy groups -OCH3 is 1. The molecule has 0 aliphatic carbocycles. The zero-order chi connectivity index (χ0) is 14.1. The molecule has 0 radical (unpaired) electrons. The van der Waals surface area contributed by atoms with Crippen LogP contribution < -0.4 is 4.74 Å². The highest BCUT2D eigenvalue weighted by atomic mass is 16.5. The zero-order valence-electron chi connectivity index (χ0n) is 11.3. The smallest absolute Gasteiger partial charge is 0.302 e. The van der Waals surface area contributed by atoms with Crippen molar-refractivity contribution in [2.24, 2.45) is 0 Å². The molecule has 1 heterocycles. The second-order valence-electron chi connectivity index (χ2n) is 3.62. The van der Waals surface area contributed by atoms with Gasteiger partial charge < -0.3 is 14.5 Å². The van der Waals surface area contributed by atoms with Gasteiger partial charge in [0.15, 0.2) is 0 Å². The first kappa shape index (κ1) is 14.8. The SMILES string of the molecule is CCOC(C)=O.COc1cccc(-c2cnc[nH]2)c1. The molecular weight excluding hydrogens is 244 g/mol. The minimum atomic E-state index is -0.211. The topological polar surface area (TPSA) is 64.2 Å². The van der Waals surface area contributed by atoms with Gasteiger partial charge in [0, 0.05) is 12.5 Å². The van der Waals surface area contributed by atoms with Crippen molar-refractivity contribution in [3.8, 4) is 17.0 Å². The molecule has 1 aromatic carbocycles. The lowest BCUT2D eigenvalue weighted by Crippen LogP contribution is -1.95. The van der Waals surface area contributed by atoms with Gasteiger partial charge in [0.1, 0.15) is 5.75 Å². The number of carbonyl (C=O) groups excluding carboxylic acids is 1. The van der Waals surface area contributed by atoms with Crippen LogP contribution in [0.25, 0.3) is 11.3 Å². The third kappa shape index (κ3) is 5.25. The summed E-state index contributed by atoms with van der Waals surface area (Å²) in [6.07, 6.45) is 3.45. The number of benzene rings is 1. The molecule has 5 heteroatoms. The Bertz CT molecular complexity index is 495. The van der Waals surface area contributed by atoms with Gasteiger partial charge >= 0.3 is 5.97 Å². The summed E-state index contributed by atoms with van der Waals surface area (Å²) in [6, 6.07) is 7.85. The largest absolute Gasteiger partial charge is 0.497 e. The van der Waals surface area contributed by atoms with E-state index in [4.69, 9.17) is 4.74 Å². The lowest BCUT2D eigenvalue weighted by atomic mass is 10.1. The number of hydrogen-bond acceptors (Lipinski definition) is 4. The number of nitrogens with one attached hydrogen (secondary N) is 1. The number of H-pyrrole nitrogens is 1. The van der Waals surface area contributed by atoms with Gasteiger partial charge in [-0.15, -0.1) is 0 Å². The van der Waals surface area contributed by atoms with Gasteiger partial charge in [-0.3, -0.25) is 4.79 Å². The maximum atomic E-state index is 9.82. The van der Waals surface area contributed by atoms with E-state index in [2.05, 4.69) is 14.7 Å². The minimum absolute atomic E-state index is 0.211. The van der Waals surface area contributed by atoms with Crippen molar-refractivity contribution < 1.29 is 14.3 Å². The van der Waals surface area contributed by atoms with Crippen LogP contribution in [-0.2, 0) is 9.53 Å². The van der Waals surface area contributed by atoms with Gasteiger partial charge in [0.25, 0.3) is 0 Å². The normalized spacial score (nSPS) is 9.21. The van der Waals surface area contributed by atoms with Crippen LogP contribution in [0.3, 0.4) is 0 Å². The number of carbonyl (C=O) groups is 1. The predicted molar refractivity (Wildman–Crippen MR) is 72.9 cm³/mol. The maximum absolute atomic E-state index is 9.82. The van der Waals surface area contributed by atoms with E-state index in [-0.39, 0.29) is 5.97 Å². The van der Waals surface area contributed by atoms with Crippen LogP contribution in [0.1, 0.15) is 13.8 Å². The summed E-state index contributed by atoms with van der Waals surface area (Å²) in [5.41, 5.74) is 2.08. The summed E-state index contributed by atoms with van der Waals surface area (Å²) in [4.78, 5) is 16.8. The standard InChI is InChI=1S/C10H10N2O.C4H8O2/c1-13-9-4-2-3-8(5-9)10-6-11-7-12-10;1-3-6-4(2)5/h2-7H,1H3,(H,11,12);3H2,1-2H3. The third-order valence-electron chi connectivity index (χ3n) is 2.23. The molecule has 0 aliphatic rings. The molecule has 5 nitrogen and oxygen atoms in total. The van der Waals surface area contributed by atoms with Gasteiger partial charge in [0.05, 0.1) is 31.9 Å². The first-order valence-electron chi connectivity index (χ1n) is 5.93. The molecule has 0 fully saturated rings. The van der Waals surface area contributed by atoms with E-state index >= 15 is 0 Å². The van der Waals surface area contributed by atoms with Gasteiger partial charge in [-0.25, -0.2) is 4.98 Å². The van der Waals surface area contributed by atoms with Crippen molar-refractivity contribution in [2.45, 2.75) is 13.8 Å². The summed E-state index contributed by atoms with van der Waals surface area (Å²) in [6.45, 7) is 3.65. The number of esters is 1. The van der Waals surface area contributed by atoms with E-state index in [0.29, 0.717) is 6.61 Å². The highest BCUT2D eigenvalue weighted by Gasteiger charge is 1.99. The average molecular weight is 262 g/mol. The fourth-order valence-electron chi connectivity index (χ4n) is 1.41. The molecule has 102 valence electrons. The number of rotatable bonds is 3. The zero-order valence-corrected chi connectivity index (χ0v) is 11.3. The highest BCUT2D eigenvalue weighted by molar-refractivity contribution is 5.65. The molecule has 0 aliphatic heterocycles. The Morgan fingerprint density at radius 1 is 1.42 bits per heavy atom.